The number of aromatic nitrogens is 3. The highest BCUT2D eigenvalue weighted by Gasteiger charge is 2.22. The third-order valence-electron chi connectivity index (χ3n) is 5.88. The summed E-state index contributed by atoms with van der Waals surface area (Å²) in [7, 11) is 3.34. The van der Waals surface area contributed by atoms with Gasteiger partial charge in [0, 0.05) is 32.7 Å². The molecule has 0 aliphatic rings. The maximum atomic E-state index is 6.08. The van der Waals surface area contributed by atoms with Gasteiger partial charge in [-0.15, -0.1) is 11.3 Å². The Hall–Kier alpha value is -3.61. The van der Waals surface area contributed by atoms with Gasteiger partial charge in [-0.2, -0.15) is 5.10 Å². The number of nitrogens with zero attached hydrogens (tertiary/aromatic N) is 3. The molecule has 0 radical (unpaired) electrons. The van der Waals surface area contributed by atoms with Crippen molar-refractivity contribution in [3.05, 3.63) is 88.8 Å². The first-order valence-electron chi connectivity index (χ1n) is 11.2. The summed E-state index contributed by atoms with van der Waals surface area (Å²) >= 11 is 7.64. The highest BCUT2D eigenvalue weighted by molar-refractivity contribution is 7.12. The Labute approximate surface area is 213 Å². The molecule has 0 saturated heterocycles. The van der Waals surface area contributed by atoms with Gasteiger partial charge in [-0.25, -0.2) is 9.67 Å². The lowest BCUT2D eigenvalue weighted by molar-refractivity contribution is 0.414. The standard InChI is InChI=1S/C28H24ClN3O2S/c1-4-24-26(19-7-13-22(33-2)14-8-19)31-32(27(24)20-9-15-23(34-3)16-10-20)28-30-25(17-35-28)18-5-11-21(29)12-6-18/h5-17H,4H2,1-3H3. The molecule has 0 aliphatic heterocycles. The van der Waals surface area contributed by atoms with Crippen LogP contribution < -0.4 is 9.47 Å². The van der Waals surface area contributed by atoms with Crippen molar-refractivity contribution in [2.45, 2.75) is 13.3 Å². The van der Waals surface area contributed by atoms with Crippen molar-refractivity contribution in [3.8, 4) is 50.4 Å². The quantitative estimate of drug-likeness (QED) is 0.231. The summed E-state index contributed by atoms with van der Waals surface area (Å²) in [4.78, 5) is 4.94. The zero-order valence-corrected chi connectivity index (χ0v) is 21.2. The van der Waals surface area contributed by atoms with Crippen LogP contribution in [0.4, 0.5) is 0 Å². The molecule has 0 fully saturated rings. The fraction of sp³-hybridized carbons (Fsp3) is 0.143. The van der Waals surface area contributed by atoms with Crippen LogP contribution in [-0.2, 0) is 6.42 Å². The third-order valence-corrected chi connectivity index (χ3v) is 6.95. The number of benzene rings is 3. The predicted molar refractivity (Wildman–Crippen MR) is 143 cm³/mol. The van der Waals surface area contributed by atoms with Crippen LogP contribution in [0.1, 0.15) is 12.5 Å². The molecule has 5 aromatic rings. The second kappa shape index (κ2) is 9.94. The smallest absolute Gasteiger partial charge is 0.211 e. The minimum atomic E-state index is 0.704. The monoisotopic (exact) mass is 501 g/mol. The zero-order chi connectivity index (χ0) is 24.4. The van der Waals surface area contributed by atoms with Crippen LogP contribution in [-0.4, -0.2) is 29.0 Å². The van der Waals surface area contributed by atoms with Crippen LogP contribution in [0.2, 0.25) is 5.02 Å². The van der Waals surface area contributed by atoms with Crippen LogP contribution in [0, 0.1) is 0 Å². The summed E-state index contributed by atoms with van der Waals surface area (Å²) in [5, 5.41) is 8.65. The van der Waals surface area contributed by atoms with E-state index in [0.717, 1.165) is 62.4 Å². The van der Waals surface area contributed by atoms with Crippen molar-refractivity contribution in [1.82, 2.24) is 14.8 Å². The maximum Gasteiger partial charge on any atom is 0.211 e. The number of rotatable bonds is 7. The average Bonchev–Trinajstić information content (AvgIpc) is 3.54. The lowest BCUT2D eigenvalue weighted by atomic mass is 10.00. The van der Waals surface area contributed by atoms with Crippen molar-refractivity contribution in [2.75, 3.05) is 14.2 Å². The summed E-state index contributed by atoms with van der Waals surface area (Å²) in [6.07, 6.45) is 0.818. The second-order valence-corrected chi connectivity index (χ2v) is 9.19. The summed E-state index contributed by atoms with van der Waals surface area (Å²) in [6, 6.07) is 23.8. The molecular weight excluding hydrogens is 478 g/mol. The van der Waals surface area contributed by atoms with E-state index in [2.05, 4.69) is 24.4 Å². The molecule has 0 aliphatic carbocycles. The van der Waals surface area contributed by atoms with Gasteiger partial charge in [-0.3, -0.25) is 0 Å². The molecule has 5 rings (SSSR count). The van der Waals surface area contributed by atoms with Crippen LogP contribution in [0.15, 0.2) is 78.2 Å². The van der Waals surface area contributed by atoms with Crippen LogP contribution in [0.5, 0.6) is 11.5 Å². The molecule has 0 N–H and O–H groups in total. The molecule has 176 valence electrons. The van der Waals surface area contributed by atoms with Crippen LogP contribution in [0.3, 0.4) is 0 Å². The SMILES string of the molecule is CCc1c(-c2ccc(OC)cc2)nn(-c2nc(-c3ccc(Cl)cc3)cs2)c1-c1ccc(OC)cc1. The molecule has 3 aromatic carbocycles. The van der Waals surface area contributed by atoms with Crippen LogP contribution >= 0.6 is 22.9 Å². The molecule has 0 saturated carbocycles. The van der Waals surface area contributed by atoms with E-state index in [1.807, 2.05) is 65.3 Å². The van der Waals surface area contributed by atoms with Crippen molar-refractivity contribution >= 4 is 22.9 Å². The largest absolute Gasteiger partial charge is 0.497 e. The van der Waals surface area contributed by atoms with Gasteiger partial charge in [0.2, 0.25) is 5.13 Å². The minimum absolute atomic E-state index is 0.704. The molecule has 7 heteroatoms. The van der Waals surface area contributed by atoms with Crippen molar-refractivity contribution in [1.29, 1.82) is 0 Å². The zero-order valence-electron chi connectivity index (χ0n) is 19.7. The van der Waals surface area contributed by atoms with Crippen LogP contribution in [0.25, 0.3) is 38.9 Å². The third kappa shape index (κ3) is 4.55. The van der Waals surface area contributed by atoms with E-state index in [-0.39, 0.29) is 0 Å². The van der Waals surface area contributed by atoms with Crippen molar-refractivity contribution in [3.63, 3.8) is 0 Å². The highest BCUT2D eigenvalue weighted by atomic mass is 35.5. The van der Waals surface area contributed by atoms with Gasteiger partial charge in [0.15, 0.2) is 0 Å². The topological polar surface area (TPSA) is 49.2 Å². The van der Waals surface area contributed by atoms with Crippen molar-refractivity contribution < 1.29 is 9.47 Å². The summed E-state index contributed by atoms with van der Waals surface area (Å²) < 4.78 is 12.7. The maximum absolute atomic E-state index is 6.08. The minimum Gasteiger partial charge on any atom is -0.497 e. The Morgan fingerprint density at radius 1 is 0.800 bits per heavy atom. The van der Waals surface area contributed by atoms with Gasteiger partial charge < -0.3 is 9.47 Å². The van der Waals surface area contributed by atoms with E-state index in [4.69, 9.17) is 31.2 Å². The Kier molecular flexibility index (Phi) is 6.57. The first-order chi connectivity index (χ1) is 17.1. The first kappa shape index (κ1) is 23.1. The fourth-order valence-electron chi connectivity index (χ4n) is 4.06. The molecule has 0 atom stereocenters. The molecule has 0 amide bonds. The van der Waals surface area contributed by atoms with E-state index in [9.17, 15) is 0 Å². The summed E-state index contributed by atoms with van der Waals surface area (Å²) in [5.41, 5.74) is 7.11. The summed E-state index contributed by atoms with van der Waals surface area (Å²) in [6.45, 7) is 2.16. The number of methoxy groups -OCH3 is 2. The lowest BCUT2D eigenvalue weighted by Gasteiger charge is -2.08. The van der Waals surface area contributed by atoms with Gasteiger partial charge >= 0.3 is 0 Å². The Morgan fingerprint density at radius 3 is 1.94 bits per heavy atom. The number of hydrogen-bond donors (Lipinski definition) is 0. The molecule has 0 spiro atoms. The molecule has 2 aromatic heterocycles. The molecule has 0 unspecified atom stereocenters. The molecular formula is C28H24ClN3O2S. The van der Waals surface area contributed by atoms with E-state index in [1.54, 1.807) is 25.6 Å². The van der Waals surface area contributed by atoms with E-state index in [1.165, 1.54) is 0 Å². The first-order valence-corrected chi connectivity index (χ1v) is 12.5. The number of thiazole rings is 1. The number of ether oxygens (including phenoxy) is 2. The Morgan fingerprint density at radius 2 is 1.37 bits per heavy atom. The van der Waals surface area contributed by atoms with Gasteiger partial charge in [0.25, 0.3) is 0 Å². The lowest BCUT2D eigenvalue weighted by Crippen LogP contribution is -2.00. The van der Waals surface area contributed by atoms with Gasteiger partial charge in [0.1, 0.15) is 11.5 Å². The van der Waals surface area contributed by atoms with Gasteiger partial charge in [0.05, 0.1) is 31.3 Å². The van der Waals surface area contributed by atoms with E-state index < -0.39 is 0 Å². The predicted octanol–water partition coefficient (Wildman–Crippen LogP) is 7.56. The van der Waals surface area contributed by atoms with E-state index in [0.29, 0.717) is 5.02 Å². The molecule has 0 bridgehead atoms. The Bertz CT molecular complexity index is 1440. The van der Waals surface area contributed by atoms with Crippen molar-refractivity contribution in [2.24, 2.45) is 0 Å². The summed E-state index contributed by atoms with van der Waals surface area (Å²) in [5.74, 6) is 1.63. The molecule has 5 nitrogen and oxygen atoms in total. The average molecular weight is 502 g/mol. The van der Waals surface area contributed by atoms with Gasteiger partial charge in [-0.1, -0.05) is 30.7 Å². The number of halogens is 1. The highest BCUT2D eigenvalue weighted by Crippen LogP contribution is 2.37. The van der Waals surface area contributed by atoms with Gasteiger partial charge in [-0.05, 0) is 67.1 Å². The second-order valence-electron chi connectivity index (χ2n) is 7.92. The Balaban J connectivity index is 1.68. The fourth-order valence-corrected chi connectivity index (χ4v) is 4.98. The number of hydrogen-bond acceptors (Lipinski definition) is 5. The molecule has 2 heterocycles. The van der Waals surface area contributed by atoms with E-state index >= 15 is 0 Å². The normalized spacial score (nSPS) is 11.0. The molecule has 35 heavy (non-hydrogen) atoms.